The molecule has 2 aliphatic heterocycles. The lowest BCUT2D eigenvalue weighted by molar-refractivity contribution is -0.135. The molecule has 3 aromatic carbocycles. The lowest BCUT2D eigenvalue weighted by Gasteiger charge is -2.27. The molecule has 0 radical (unpaired) electrons. The van der Waals surface area contributed by atoms with E-state index in [1.807, 2.05) is 12.1 Å². The van der Waals surface area contributed by atoms with E-state index in [1.165, 1.54) is 24.3 Å². The molecule has 3 amide bonds. The van der Waals surface area contributed by atoms with Crippen LogP contribution in [-0.2, 0) is 9.53 Å². The van der Waals surface area contributed by atoms with Crippen LogP contribution in [0.25, 0.3) is 10.8 Å². The zero-order chi connectivity index (χ0) is 22.9. The van der Waals surface area contributed by atoms with Crippen molar-refractivity contribution in [2.45, 2.75) is 19.3 Å². The van der Waals surface area contributed by atoms with Crippen molar-refractivity contribution in [3.8, 4) is 0 Å². The Hall–Kier alpha value is -4.00. The maximum absolute atomic E-state index is 13.1. The van der Waals surface area contributed by atoms with Crippen LogP contribution < -0.4 is 4.90 Å². The highest BCUT2D eigenvalue weighted by Crippen LogP contribution is 2.32. The molecule has 5 rings (SSSR count). The van der Waals surface area contributed by atoms with Crippen molar-refractivity contribution in [3.63, 3.8) is 0 Å². The van der Waals surface area contributed by atoms with Crippen LogP contribution in [-0.4, -0.2) is 48.3 Å². The standard InChI is InChI=1S/C26H22N2O5/c29-22(27-14-2-1-3-15-27)16-33-26(32)18-10-12-19(13-11-18)28-24(30)20-8-4-6-17-7-5-9-21(23(17)20)25(28)31/h4-13H,1-3,14-16H2. The van der Waals surface area contributed by atoms with Crippen LogP contribution in [0.5, 0.6) is 0 Å². The molecule has 3 aromatic rings. The lowest BCUT2D eigenvalue weighted by Crippen LogP contribution is -2.40. The number of imide groups is 1. The predicted octanol–water partition coefficient (Wildman–Crippen LogP) is 3.81. The number of esters is 1. The second-order valence-electron chi connectivity index (χ2n) is 8.22. The number of benzene rings is 3. The summed E-state index contributed by atoms with van der Waals surface area (Å²) in [6, 6.07) is 16.8. The number of carbonyl (C=O) groups is 4. The first kappa shape index (κ1) is 20.9. The van der Waals surface area contributed by atoms with Gasteiger partial charge in [-0.05, 0) is 61.0 Å². The van der Waals surface area contributed by atoms with Gasteiger partial charge < -0.3 is 9.64 Å². The van der Waals surface area contributed by atoms with Gasteiger partial charge in [0.2, 0.25) is 0 Å². The largest absolute Gasteiger partial charge is 0.452 e. The van der Waals surface area contributed by atoms with Crippen LogP contribution in [0.4, 0.5) is 5.69 Å². The number of hydrogen-bond donors (Lipinski definition) is 0. The molecule has 0 aliphatic carbocycles. The van der Waals surface area contributed by atoms with Crippen molar-refractivity contribution in [3.05, 3.63) is 77.4 Å². The van der Waals surface area contributed by atoms with Gasteiger partial charge in [-0.3, -0.25) is 14.4 Å². The molecule has 0 atom stereocenters. The van der Waals surface area contributed by atoms with Gasteiger partial charge in [-0.2, -0.15) is 0 Å². The van der Waals surface area contributed by atoms with Gasteiger partial charge in [0.1, 0.15) is 0 Å². The van der Waals surface area contributed by atoms with E-state index < -0.39 is 17.8 Å². The van der Waals surface area contributed by atoms with Crippen LogP contribution >= 0.6 is 0 Å². The Balaban J connectivity index is 1.32. The Bertz CT molecular complexity index is 1220. The minimum Gasteiger partial charge on any atom is -0.452 e. The number of nitrogens with zero attached hydrogens (tertiary/aromatic N) is 2. The number of ether oxygens (including phenoxy) is 1. The van der Waals surface area contributed by atoms with E-state index >= 15 is 0 Å². The first-order valence-electron chi connectivity index (χ1n) is 11.0. The Kier molecular flexibility index (Phi) is 5.38. The summed E-state index contributed by atoms with van der Waals surface area (Å²) >= 11 is 0. The second-order valence-corrected chi connectivity index (χ2v) is 8.22. The molecule has 1 fully saturated rings. The quantitative estimate of drug-likeness (QED) is 0.453. The third kappa shape index (κ3) is 3.75. The molecule has 7 nitrogen and oxygen atoms in total. The Morgan fingerprint density at radius 3 is 2.00 bits per heavy atom. The first-order chi connectivity index (χ1) is 16.0. The van der Waals surface area contributed by atoms with Crippen molar-refractivity contribution in [2.24, 2.45) is 0 Å². The van der Waals surface area contributed by atoms with Crippen LogP contribution in [0.2, 0.25) is 0 Å². The van der Waals surface area contributed by atoms with Crippen molar-refractivity contribution in [1.29, 1.82) is 0 Å². The van der Waals surface area contributed by atoms with Gasteiger partial charge in [-0.25, -0.2) is 9.69 Å². The third-order valence-corrected chi connectivity index (χ3v) is 6.17. The number of anilines is 1. The maximum atomic E-state index is 13.1. The predicted molar refractivity (Wildman–Crippen MR) is 122 cm³/mol. The molecule has 2 aliphatic rings. The highest BCUT2D eigenvalue weighted by molar-refractivity contribution is 6.35. The first-order valence-corrected chi connectivity index (χ1v) is 11.0. The van der Waals surface area contributed by atoms with Gasteiger partial charge in [0.15, 0.2) is 6.61 Å². The van der Waals surface area contributed by atoms with E-state index in [-0.39, 0.29) is 18.1 Å². The topological polar surface area (TPSA) is 84.0 Å². The van der Waals surface area contributed by atoms with Crippen molar-refractivity contribution in [1.82, 2.24) is 4.90 Å². The van der Waals surface area contributed by atoms with Crippen LogP contribution in [0, 0.1) is 0 Å². The highest BCUT2D eigenvalue weighted by Gasteiger charge is 2.33. The Morgan fingerprint density at radius 1 is 0.788 bits per heavy atom. The monoisotopic (exact) mass is 442 g/mol. The number of rotatable bonds is 4. The van der Waals surface area contributed by atoms with Gasteiger partial charge in [0, 0.05) is 29.6 Å². The SMILES string of the molecule is O=C(OCC(=O)N1CCCCC1)c1ccc(N2C(=O)c3cccc4cccc(c34)C2=O)cc1. The summed E-state index contributed by atoms with van der Waals surface area (Å²) in [6.07, 6.45) is 3.04. The molecule has 7 heteroatoms. The number of carbonyl (C=O) groups excluding carboxylic acids is 4. The molecule has 0 saturated carbocycles. The van der Waals surface area contributed by atoms with Crippen LogP contribution in [0.15, 0.2) is 60.7 Å². The average Bonchev–Trinajstić information content (AvgIpc) is 2.86. The average molecular weight is 442 g/mol. The summed E-state index contributed by atoms with van der Waals surface area (Å²) in [6.45, 7) is 1.09. The smallest absolute Gasteiger partial charge is 0.338 e. The molecule has 0 aromatic heterocycles. The Labute approximate surface area is 190 Å². The number of piperidine rings is 1. The van der Waals surface area contributed by atoms with E-state index in [1.54, 1.807) is 29.2 Å². The molecule has 166 valence electrons. The van der Waals surface area contributed by atoms with Crippen LogP contribution in [0.3, 0.4) is 0 Å². The minimum absolute atomic E-state index is 0.197. The van der Waals surface area contributed by atoms with E-state index in [0.717, 1.165) is 29.5 Å². The minimum atomic E-state index is -0.627. The maximum Gasteiger partial charge on any atom is 0.338 e. The molecule has 2 heterocycles. The zero-order valence-corrected chi connectivity index (χ0v) is 18.0. The van der Waals surface area contributed by atoms with E-state index in [9.17, 15) is 19.2 Å². The van der Waals surface area contributed by atoms with Gasteiger partial charge in [0.05, 0.1) is 11.3 Å². The Morgan fingerprint density at radius 2 is 1.39 bits per heavy atom. The van der Waals surface area contributed by atoms with Gasteiger partial charge in [0.25, 0.3) is 17.7 Å². The third-order valence-electron chi connectivity index (χ3n) is 6.17. The van der Waals surface area contributed by atoms with Gasteiger partial charge in [-0.1, -0.05) is 24.3 Å². The fourth-order valence-corrected chi connectivity index (χ4v) is 4.46. The number of hydrogen-bond acceptors (Lipinski definition) is 5. The summed E-state index contributed by atoms with van der Waals surface area (Å²) in [4.78, 5) is 53.7. The molecule has 0 spiro atoms. The molecule has 0 N–H and O–H groups in total. The van der Waals surface area contributed by atoms with Crippen molar-refractivity contribution >= 4 is 40.2 Å². The summed E-state index contributed by atoms with van der Waals surface area (Å²) in [7, 11) is 0. The van der Waals surface area contributed by atoms with Gasteiger partial charge in [-0.15, -0.1) is 0 Å². The van der Waals surface area contributed by atoms with Crippen molar-refractivity contribution < 1.29 is 23.9 Å². The summed E-state index contributed by atoms with van der Waals surface area (Å²) in [5.41, 5.74) is 1.52. The highest BCUT2D eigenvalue weighted by atomic mass is 16.5. The summed E-state index contributed by atoms with van der Waals surface area (Å²) in [5, 5.41) is 1.49. The molecule has 33 heavy (non-hydrogen) atoms. The normalized spacial score (nSPS) is 15.6. The van der Waals surface area contributed by atoms with E-state index in [0.29, 0.717) is 35.3 Å². The molecule has 1 saturated heterocycles. The second kappa shape index (κ2) is 8.50. The van der Waals surface area contributed by atoms with Crippen molar-refractivity contribution in [2.75, 3.05) is 24.6 Å². The fourth-order valence-electron chi connectivity index (χ4n) is 4.46. The lowest BCUT2D eigenvalue weighted by atomic mass is 9.94. The molecule has 0 bridgehead atoms. The summed E-state index contributed by atoms with van der Waals surface area (Å²) in [5.74, 6) is -1.64. The summed E-state index contributed by atoms with van der Waals surface area (Å²) < 4.78 is 5.18. The number of likely N-dealkylation sites (tertiary alicyclic amines) is 1. The molecular formula is C26H22N2O5. The van der Waals surface area contributed by atoms with E-state index in [2.05, 4.69) is 0 Å². The number of amides is 3. The van der Waals surface area contributed by atoms with Crippen LogP contribution in [0.1, 0.15) is 50.3 Å². The molecule has 0 unspecified atom stereocenters. The molecular weight excluding hydrogens is 420 g/mol. The van der Waals surface area contributed by atoms with Gasteiger partial charge >= 0.3 is 5.97 Å². The van der Waals surface area contributed by atoms with E-state index in [4.69, 9.17) is 4.74 Å². The fraction of sp³-hybridized carbons (Fsp3) is 0.231. The zero-order valence-electron chi connectivity index (χ0n) is 18.0.